The van der Waals surface area contributed by atoms with E-state index < -0.39 is 0 Å². The van der Waals surface area contributed by atoms with E-state index in [-0.39, 0.29) is 17.9 Å². The zero-order valence-corrected chi connectivity index (χ0v) is 6.26. The van der Waals surface area contributed by atoms with Crippen molar-refractivity contribution < 1.29 is 4.79 Å². The van der Waals surface area contributed by atoms with E-state index in [4.69, 9.17) is 5.73 Å². The van der Waals surface area contributed by atoms with Gasteiger partial charge < -0.3 is 11.1 Å². The molecular formula is C7H14N2O. The smallest absolute Gasteiger partial charge is 0.146 e. The molecule has 1 rings (SSSR count). The molecule has 1 heterocycles. The van der Waals surface area contributed by atoms with Gasteiger partial charge in [0.25, 0.3) is 0 Å². The van der Waals surface area contributed by atoms with Gasteiger partial charge in [0, 0.05) is 12.6 Å². The van der Waals surface area contributed by atoms with Gasteiger partial charge in [-0.1, -0.05) is 0 Å². The number of piperidine rings is 1. The minimum atomic E-state index is 0.0693. The molecule has 0 unspecified atom stereocenters. The zero-order valence-electron chi connectivity index (χ0n) is 6.26. The molecule has 1 saturated heterocycles. The van der Waals surface area contributed by atoms with Crippen LogP contribution in [0.2, 0.25) is 0 Å². The number of nitrogens with one attached hydrogen (secondary N) is 1. The molecule has 0 radical (unpaired) electrons. The van der Waals surface area contributed by atoms with Crippen LogP contribution < -0.4 is 11.1 Å². The lowest BCUT2D eigenvalue weighted by Crippen LogP contribution is -2.48. The van der Waals surface area contributed by atoms with Gasteiger partial charge in [0.1, 0.15) is 5.78 Å². The minimum Gasteiger partial charge on any atom is -0.327 e. The monoisotopic (exact) mass is 142 g/mol. The Morgan fingerprint density at radius 3 is 2.70 bits per heavy atom. The minimum absolute atomic E-state index is 0.0693. The van der Waals surface area contributed by atoms with Crippen molar-refractivity contribution in [3.05, 3.63) is 0 Å². The summed E-state index contributed by atoms with van der Waals surface area (Å²) in [6, 6.07) is 0.315. The van der Waals surface area contributed by atoms with Crippen LogP contribution in [0.25, 0.3) is 0 Å². The Kier molecular flexibility index (Phi) is 2.40. The van der Waals surface area contributed by atoms with E-state index in [0.717, 1.165) is 19.4 Å². The summed E-state index contributed by atoms with van der Waals surface area (Å²) < 4.78 is 0. The van der Waals surface area contributed by atoms with E-state index >= 15 is 0 Å². The normalized spacial score (nSPS) is 33.8. The summed E-state index contributed by atoms with van der Waals surface area (Å²) in [5.74, 6) is 0.229. The van der Waals surface area contributed by atoms with Gasteiger partial charge in [0.2, 0.25) is 0 Å². The quantitative estimate of drug-likeness (QED) is 0.526. The molecule has 0 saturated carbocycles. The van der Waals surface area contributed by atoms with Crippen molar-refractivity contribution in [1.82, 2.24) is 5.32 Å². The number of rotatable bonds is 1. The SMILES string of the molecule is CC(=O)[C@H]1CC[C@@H](N)CN1. The van der Waals surface area contributed by atoms with Crippen molar-refractivity contribution in [1.29, 1.82) is 0 Å². The van der Waals surface area contributed by atoms with Gasteiger partial charge in [0.05, 0.1) is 6.04 Å². The highest BCUT2D eigenvalue weighted by Gasteiger charge is 2.20. The summed E-state index contributed by atoms with van der Waals surface area (Å²) in [5.41, 5.74) is 5.62. The fourth-order valence-corrected chi connectivity index (χ4v) is 1.23. The summed E-state index contributed by atoms with van der Waals surface area (Å²) in [6.07, 6.45) is 1.87. The van der Waals surface area contributed by atoms with Gasteiger partial charge in [-0.15, -0.1) is 0 Å². The highest BCUT2D eigenvalue weighted by molar-refractivity contribution is 5.81. The van der Waals surface area contributed by atoms with E-state index in [0.29, 0.717) is 0 Å². The number of nitrogens with two attached hydrogens (primary N) is 1. The third kappa shape index (κ3) is 1.78. The maximum Gasteiger partial charge on any atom is 0.146 e. The molecule has 0 aliphatic carbocycles. The van der Waals surface area contributed by atoms with Crippen LogP contribution in [0.3, 0.4) is 0 Å². The van der Waals surface area contributed by atoms with Crippen molar-refractivity contribution in [3.8, 4) is 0 Å². The maximum absolute atomic E-state index is 10.8. The fraction of sp³-hybridized carbons (Fsp3) is 0.857. The van der Waals surface area contributed by atoms with Crippen LogP contribution in [0.15, 0.2) is 0 Å². The van der Waals surface area contributed by atoms with E-state index in [1.54, 1.807) is 6.92 Å². The van der Waals surface area contributed by atoms with Gasteiger partial charge in [-0.05, 0) is 19.8 Å². The van der Waals surface area contributed by atoms with Crippen molar-refractivity contribution in [2.24, 2.45) is 5.73 Å². The molecule has 1 fully saturated rings. The summed E-state index contributed by atoms with van der Waals surface area (Å²) in [5, 5.41) is 3.09. The van der Waals surface area contributed by atoms with Gasteiger partial charge in [-0.2, -0.15) is 0 Å². The molecule has 0 bridgehead atoms. The number of carbonyl (C=O) groups is 1. The molecule has 1 aliphatic heterocycles. The van der Waals surface area contributed by atoms with Gasteiger partial charge in [0.15, 0.2) is 0 Å². The number of hydrogen-bond donors (Lipinski definition) is 2. The van der Waals surface area contributed by atoms with Crippen molar-refractivity contribution in [3.63, 3.8) is 0 Å². The number of hydrogen-bond acceptors (Lipinski definition) is 3. The molecule has 3 nitrogen and oxygen atoms in total. The molecule has 58 valence electrons. The molecule has 1 aliphatic rings. The third-order valence-corrected chi connectivity index (χ3v) is 1.94. The average molecular weight is 142 g/mol. The maximum atomic E-state index is 10.8. The Balaban J connectivity index is 2.33. The Morgan fingerprint density at radius 1 is 1.60 bits per heavy atom. The van der Waals surface area contributed by atoms with Crippen LogP contribution in [0.4, 0.5) is 0 Å². The first-order valence-electron chi connectivity index (χ1n) is 3.69. The first kappa shape index (κ1) is 7.69. The standard InChI is InChI=1S/C7H14N2O/c1-5(10)7-3-2-6(8)4-9-7/h6-7,9H,2-4,8H2,1H3/t6-,7-/m1/s1. The number of carbonyl (C=O) groups excluding carboxylic acids is 1. The molecule has 2 atom stereocenters. The average Bonchev–Trinajstić information content (AvgIpc) is 1.88. The van der Waals surface area contributed by atoms with Gasteiger partial charge in [-0.25, -0.2) is 0 Å². The van der Waals surface area contributed by atoms with Crippen molar-refractivity contribution in [2.75, 3.05) is 6.54 Å². The zero-order chi connectivity index (χ0) is 7.56. The van der Waals surface area contributed by atoms with Crippen LogP contribution in [0.5, 0.6) is 0 Å². The molecule has 0 aromatic rings. The lowest BCUT2D eigenvalue weighted by Gasteiger charge is -2.25. The summed E-state index contributed by atoms with van der Waals surface area (Å²) in [4.78, 5) is 10.8. The second-order valence-corrected chi connectivity index (χ2v) is 2.91. The lowest BCUT2D eigenvalue weighted by molar-refractivity contribution is -0.119. The lowest BCUT2D eigenvalue weighted by atomic mass is 9.99. The summed E-state index contributed by atoms with van der Waals surface area (Å²) in [7, 11) is 0. The fourth-order valence-electron chi connectivity index (χ4n) is 1.23. The van der Waals surface area contributed by atoms with Gasteiger partial charge in [-0.3, -0.25) is 4.79 Å². The Labute approximate surface area is 61.0 Å². The van der Waals surface area contributed by atoms with E-state index in [9.17, 15) is 4.79 Å². The second kappa shape index (κ2) is 3.12. The predicted molar refractivity (Wildman–Crippen MR) is 39.7 cm³/mol. The molecule has 3 heteroatoms. The second-order valence-electron chi connectivity index (χ2n) is 2.91. The Morgan fingerprint density at radius 2 is 2.30 bits per heavy atom. The third-order valence-electron chi connectivity index (χ3n) is 1.94. The van der Waals surface area contributed by atoms with Crippen LogP contribution in [0, 0.1) is 0 Å². The molecule has 0 aromatic carbocycles. The molecule has 0 aromatic heterocycles. The first-order valence-corrected chi connectivity index (χ1v) is 3.69. The first-order chi connectivity index (χ1) is 4.70. The number of Topliss-reactive ketones (excluding diaryl/α,β-unsaturated/α-hetero) is 1. The van der Waals surface area contributed by atoms with Crippen molar-refractivity contribution in [2.45, 2.75) is 31.8 Å². The summed E-state index contributed by atoms with van der Waals surface area (Å²) in [6.45, 7) is 2.40. The van der Waals surface area contributed by atoms with Crippen LogP contribution in [0.1, 0.15) is 19.8 Å². The molecule has 10 heavy (non-hydrogen) atoms. The largest absolute Gasteiger partial charge is 0.327 e. The van der Waals surface area contributed by atoms with E-state index in [2.05, 4.69) is 5.32 Å². The van der Waals surface area contributed by atoms with E-state index in [1.807, 2.05) is 0 Å². The van der Waals surface area contributed by atoms with E-state index in [1.165, 1.54) is 0 Å². The highest BCUT2D eigenvalue weighted by Crippen LogP contribution is 2.06. The molecule has 0 spiro atoms. The highest BCUT2D eigenvalue weighted by atomic mass is 16.1. The van der Waals surface area contributed by atoms with Crippen LogP contribution in [-0.2, 0) is 4.79 Å². The van der Waals surface area contributed by atoms with Gasteiger partial charge >= 0.3 is 0 Å². The van der Waals surface area contributed by atoms with Crippen LogP contribution >= 0.6 is 0 Å². The Bertz CT molecular complexity index is 128. The topological polar surface area (TPSA) is 55.1 Å². The van der Waals surface area contributed by atoms with Crippen molar-refractivity contribution >= 4 is 5.78 Å². The molecule has 0 amide bonds. The predicted octanol–water partition coefficient (Wildman–Crippen LogP) is -0.345. The molecular weight excluding hydrogens is 128 g/mol. The Hall–Kier alpha value is -0.410. The number of ketones is 1. The van der Waals surface area contributed by atoms with Crippen LogP contribution in [-0.4, -0.2) is 24.4 Å². The summed E-state index contributed by atoms with van der Waals surface area (Å²) >= 11 is 0. The molecule has 3 N–H and O–H groups in total.